The third-order valence-electron chi connectivity index (χ3n) is 2.51. The number of ether oxygens (including phenoxy) is 1. The zero-order valence-corrected chi connectivity index (χ0v) is 7.95. The van der Waals surface area contributed by atoms with Crippen LogP contribution in [0, 0.1) is 0 Å². The largest absolute Gasteiger partial charge is 0.461 e. The number of rotatable bonds is 3. The van der Waals surface area contributed by atoms with Crippen LogP contribution in [-0.2, 0) is 9.53 Å². The number of esters is 1. The van der Waals surface area contributed by atoms with Crippen molar-refractivity contribution in [2.75, 3.05) is 13.7 Å². The topological polar surface area (TPSA) is 58.6 Å². The van der Waals surface area contributed by atoms with Gasteiger partial charge in [0.15, 0.2) is 0 Å². The maximum absolute atomic E-state index is 10.7. The molecule has 1 saturated carbocycles. The van der Waals surface area contributed by atoms with Gasteiger partial charge in [-0.15, -0.1) is 0 Å². The van der Waals surface area contributed by atoms with Crippen molar-refractivity contribution < 1.29 is 14.6 Å². The zero-order chi connectivity index (χ0) is 9.68. The van der Waals surface area contributed by atoms with Crippen LogP contribution in [-0.4, -0.2) is 36.9 Å². The highest BCUT2D eigenvalue weighted by atomic mass is 16.6. The van der Waals surface area contributed by atoms with Crippen molar-refractivity contribution in [3.05, 3.63) is 0 Å². The molecular formula is C9H17NO3. The summed E-state index contributed by atoms with van der Waals surface area (Å²) in [6.07, 6.45) is 3.90. The molecule has 2 N–H and O–H groups in total. The minimum Gasteiger partial charge on any atom is -0.461 e. The highest BCUT2D eigenvalue weighted by Crippen LogP contribution is 2.20. The van der Waals surface area contributed by atoms with Crippen LogP contribution in [0.1, 0.15) is 25.7 Å². The summed E-state index contributed by atoms with van der Waals surface area (Å²) in [5, 5.41) is 11.7. The first-order valence-electron chi connectivity index (χ1n) is 4.74. The molecule has 0 amide bonds. The van der Waals surface area contributed by atoms with Gasteiger partial charge in [-0.25, -0.2) is 4.79 Å². The van der Waals surface area contributed by atoms with Crippen LogP contribution in [0.25, 0.3) is 0 Å². The van der Waals surface area contributed by atoms with Crippen molar-refractivity contribution >= 4 is 5.97 Å². The Bertz CT molecular complexity index is 164. The van der Waals surface area contributed by atoms with Crippen molar-refractivity contribution in [3.63, 3.8) is 0 Å². The Morgan fingerprint density at radius 3 is 2.54 bits per heavy atom. The van der Waals surface area contributed by atoms with Gasteiger partial charge in [-0.3, -0.25) is 0 Å². The van der Waals surface area contributed by atoms with Gasteiger partial charge in [0.1, 0.15) is 12.7 Å². The molecule has 1 rings (SSSR count). The summed E-state index contributed by atoms with van der Waals surface area (Å²) in [5.74, 6) is -0.507. The molecule has 1 fully saturated rings. The maximum Gasteiger partial charge on any atom is 0.332 e. The number of hydrogen-bond donors (Lipinski definition) is 2. The van der Waals surface area contributed by atoms with E-state index < -0.39 is 12.6 Å². The minimum absolute atomic E-state index is 0.0178. The van der Waals surface area contributed by atoms with E-state index in [0.29, 0.717) is 6.04 Å². The number of aliphatic hydroxyl groups excluding tert-OH is 1. The molecule has 4 nitrogen and oxygen atoms in total. The van der Waals surface area contributed by atoms with Gasteiger partial charge in [-0.1, -0.05) is 0 Å². The van der Waals surface area contributed by atoms with Gasteiger partial charge >= 0.3 is 5.97 Å². The van der Waals surface area contributed by atoms with E-state index in [1.165, 1.54) is 0 Å². The fraction of sp³-hybridized carbons (Fsp3) is 0.889. The standard InChI is InChI=1S/C9H17NO3/c1-10-7-2-4-8(5-3-7)13-9(12)6-11/h7-8,10-11H,2-6H2,1H3/t7-,8-. The lowest BCUT2D eigenvalue weighted by atomic mass is 9.93. The van der Waals surface area contributed by atoms with Gasteiger partial charge in [-0.05, 0) is 32.7 Å². The van der Waals surface area contributed by atoms with E-state index in [1.54, 1.807) is 0 Å². The summed E-state index contributed by atoms with van der Waals surface area (Å²) in [5.41, 5.74) is 0. The molecule has 0 aromatic rings. The fourth-order valence-corrected chi connectivity index (χ4v) is 1.69. The second-order valence-corrected chi connectivity index (χ2v) is 3.41. The van der Waals surface area contributed by atoms with E-state index in [4.69, 9.17) is 9.84 Å². The molecule has 0 saturated heterocycles. The van der Waals surface area contributed by atoms with E-state index in [-0.39, 0.29) is 6.10 Å². The first kappa shape index (κ1) is 10.5. The molecule has 0 heterocycles. The summed E-state index contributed by atoms with van der Waals surface area (Å²) >= 11 is 0. The second kappa shape index (κ2) is 5.19. The normalized spacial score (nSPS) is 28.5. The second-order valence-electron chi connectivity index (χ2n) is 3.41. The average molecular weight is 187 g/mol. The van der Waals surface area contributed by atoms with Gasteiger partial charge in [0.25, 0.3) is 0 Å². The Kier molecular flexibility index (Phi) is 4.18. The lowest BCUT2D eigenvalue weighted by Crippen LogP contribution is -2.34. The molecule has 76 valence electrons. The first-order chi connectivity index (χ1) is 6.26. The molecule has 0 spiro atoms. The molecule has 0 aromatic carbocycles. The van der Waals surface area contributed by atoms with Gasteiger partial charge in [0.05, 0.1) is 0 Å². The summed E-state index contributed by atoms with van der Waals surface area (Å²) in [4.78, 5) is 10.7. The van der Waals surface area contributed by atoms with Gasteiger partial charge in [-0.2, -0.15) is 0 Å². The van der Waals surface area contributed by atoms with E-state index >= 15 is 0 Å². The molecule has 0 unspecified atom stereocenters. The van der Waals surface area contributed by atoms with Crippen LogP contribution in [0.4, 0.5) is 0 Å². The Balaban J connectivity index is 2.21. The van der Waals surface area contributed by atoms with Crippen LogP contribution in [0.2, 0.25) is 0 Å². The fourth-order valence-electron chi connectivity index (χ4n) is 1.69. The van der Waals surface area contributed by atoms with Crippen LogP contribution in [0.3, 0.4) is 0 Å². The molecule has 0 aromatic heterocycles. The molecule has 13 heavy (non-hydrogen) atoms. The smallest absolute Gasteiger partial charge is 0.332 e. The predicted octanol–water partition coefficient (Wildman–Crippen LogP) is 0.0525. The van der Waals surface area contributed by atoms with Gasteiger partial charge in [0.2, 0.25) is 0 Å². The third kappa shape index (κ3) is 3.32. The van der Waals surface area contributed by atoms with E-state index in [0.717, 1.165) is 25.7 Å². The monoisotopic (exact) mass is 187 g/mol. The molecular weight excluding hydrogens is 170 g/mol. The molecule has 0 aliphatic heterocycles. The molecule has 0 atom stereocenters. The number of nitrogens with one attached hydrogen (secondary N) is 1. The predicted molar refractivity (Wildman–Crippen MR) is 48.3 cm³/mol. The summed E-state index contributed by atoms with van der Waals surface area (Å²) in [7, 11) is 1.95. The SMILES string of the molecule is CN[C@H]1CC[C@H](OC(=O)CO)CC1. The highest BCUT2D eigenvalue weighted by Gasteiger charge is 2.22. The van der Waals surface area contributed by atoms with Crippen molar-refractivity contribution in [3.8, 4) is 0 Å². The molecule has 0 bridgehead atoms. The summed E-state index contributed by atoms with van der Waals surface area (Å²) in [6.45, 7) is -0.508. The lowest BCUT2D eigenvalue weighted by Gasteiger charge is -2.27. The average Bonchev–Trinajstić information content (AvgIpc) is 2.19. The first-order valence-corrected chi connectivity index (χ1v) is 4.74. The van der Waals surface area contributed by atoms with Gasteiger partial charge < -0.3 is 15.2 Å². The number of carbonyl (C=O) groups is 1. The Morgan fingerprint density at radius 2 is 2.08 bits per heavy atom. The van der Waals surface area contributed by atoms with Crippen molar-refractivity contribution in [1.29, 1.82) is 0 Å². The molecule has 4 heteroatoms. The molecule has 1 aliphatic carbocycles. The third-order valence-corrected chi connectivity index (χ3v) is 2.51. The summed E-state index contributed by atoms with van der Waals surface area (Å²) in [6, 6.07) is 0.559. The highest BCUT2D eigenvalue weighted by molar-refractivity contribution is 5.70. The number of aliphatic hydroxyl groups is 1. The quantitative estimate of drug-likeness (QED) is 0.613. The van der Waals surface area contributed by atoms with E-state index in [2.05, 4.69) is 5.32 Å². The van der Waals surface area contributed by atoms with Crippen molar-refractivity contribution in [1.82, 2.24) is 5.32 Å². The minimum atomic E-state index is -0.508. The van der Waals surface area contributed by atoms with Crippen LogP contribution >= 0.6 is 0 Å². The lowest BCUT2D eigenvalue weighted by molar-refractivity contribution is -0.154. The Morgan fingerprint density at radius 1 is 1.46 bits per heavy atom. The number of carbonyl (C=O) groups excluding carboxylic acids is 1. The summed E-state index contributed by atoms with van der Waals surface area (Å²) < 4.78 is 5.02. The zero-order valence-electron chi connectivity index (χ0n) is 7.95. The van der Waals surface area contributed by atoms with E-state index in [9.17, 15) is 4.79 Å². The van der Waals surface area contributed by atoms with Crippen molar-refractivity contribution in [2.24, 2.45) is 0 Å². The van der Waals surface area contributed by atoms with E-state index in [1.807, 2.05) is 7.05 Å². The van der Waals surface area contributed by atoms with Crippen LogP contribution < -0.4 is 5.32 Å². The molecule has 0 radical (unpaired) electrons. The Hall–Kier alpha value is -0.610. The molecule has 1 aliphatic rings. The van der Waals surface area contributed by atoms with Crippen LogP contribution in [0.5, 0.6) is 0 Å². The van der Waals surface area contributed by atoms with Crippen LogP contribution in [0.15, 0.2) is 0 Å². The number of hydrogen-bond acceptors (Lipinski definition) is 4. The van der Waals surface area contributed by atoms with Gasteiger partial charge in [0, 0.05) is 6.04 Å². The Labute approximate surface area is 78.3 Å². The van der Waals surface area contributed by atoms with Crippen molar-refractivity contribution in [2.45, 2.75) is 37.8 Å². The maximum atomic E-state index is 10.7.